The number of nitriles is 1. The minimum absolute atomic E-state index is 0.213. The molecule has 0 unspecified atom stereocenters. The Hall–Kier alpha value is -3.63. The Bertz CT molecular complexity index is 1140. The molecule has 7 nitrogen and oxygen atoms in total. The molecular formula is C24H23ClN6O. The molecule has 3 heterocycles. The van der Waals surface area contributed by atoms with Gasteiger partial charge in [-0.15, -0.1) is 0 Å². The van der Waals surface area contributed by atoms with Crippen molar-refractivity contribution in [3.8, 4) is 6.07 Å². The van der Waals surface area contributed by atoms with Gasteiger partial charge in [0.05, 0.1) is 21.8 Å². The molecule has 0 atom stereocenters. The van der Waals surface area contributed by atoms with Crippen LogP contribution in [0.25, 0.3) is 0 Å². The number of piperidine rings is 1. The SMILES string of the molecule is CN(c1ccccc1C(=O)Nc1ccc(Cl)cn1)C1CCN(c2ccncc2C#N)CC1. The summed E-state index contributed by atoms with van der Waals surface area (Å²) in [6, 6.07) is 15.4. The van der Waals surface area contributed by atoms with E-state index in [0.717, 1.165) is 37.3 Å². The van der Waals surface area contributed by atoms with Gasteiger partial charge >= 0.3 is 0 Å². The molecule has 2 aromatic heterocycles. The van der Waals surface area contributed by atoms with Gasteiger partial charge in [-0.1, -0.05) is 23.7 Å². The Balaban J connectivity index is 1.46. The lowest BCUT2D eigenvalue weighted by Crippen LogP contribution is -2.44. The zero-order valence-corrected chi connectivity index (χ0v) is 18.5. The zero-order chi connectivity index (χ0) is 22.5. The number of halogens is 1. The number of hydrogen-bond acceptors (Lipinski definition) is 6. The van der Waals surface area contributed by atoms with Gasteiger partial charge in [-0.3, -0.25) is 9.78 Å². The van der Waals surface area contributed by atoms with Crippen molar-refractivity contribution in [2.45, 2.75) is 18.9 Å². The summed E-state index contributed by atoms with van der Waals surface area (Å²) >= 11 is 5.88. The van der Waals surface area contributed by atoms with Crippen LogP contribution in [0, 0.1) is 11.3 Å². The van der Waals surface area contributed by atoms with Gasteiger partial charge in [0.15, 0.2) is 0 Å². The normalized spacial score (nSPS) is 14.0. The van der Waals surface area contributed by atoms with Crippen molar-refractivity contribution in [3.05, 3.63) is 77.2 Å². The smallest absolute Gasteiger partial charge is 0.258 e. The molecule has 0 saturated carbocycles. The summed E-state index contributed by atoms with van der Waals surface area (Å²) in [4.78, 5) is 25.6. The van der Waals surface area contributed by atoms with Gasteiger partial charge in [-0.05, 0) is 43.2 Å². The molecule has 1 aliphatic rings. The Morgan fingerprint density at radius 3 is 2.69 bits per heavy atom. The monoisotopic (exact) mass is 446 g/mol. The number of amides is 1. The predicted molar refractivity (Wildman–Crippen MR) is 126 cm³/mol. The van der Waals surface area contributed by atoms with Crippen LogP contribution in [0.5, 0.6) is 0 Å². The fraction of sp³-hybridized carbons (Fsp3) is 0.250. The topological polar surface area (TPSA) is 85.2 Å². The highest BCUT2D eigenvalue weighted by molar-refractivity contribution is 6.30. The molecule has 162 valence electrons. The van der Waals surface area contributed by atoms with Crippen LogP contribution in [0.3, 0.4) is 0 Å². The third kappa shape index (κ3) is 4.66. The molecule has 3 aromatic rings. The molecule has 4 rings (SSSR count). The summed E-state index contributed by atoms with van der Waals surface area (Å²) in [5.41, 5.74) is 2.99. The summed E-state index contributed by atoms with van der Waals surface area (Å²) in [6.07, 6.45) is 6.66. The molecule has 32 heavy (non-hydrogen) atoms. The molecule has 1 amide bonds. The summed E-state index contributed by atoms with van der Waals surface area (Å²) in [6.45, 7) is 1.66. The number of hydrogen-bond donors (Lipinski definition) is 1. The van der Waals surface area contributed by atoms with Crippen LogP contribution in [0.15, 0.2) is 61.1 Å². The highest BCUT2D eigenvalue weighted by atomic mass is 35.5. The van der Waals surface area contributed by atoms with E-state index >= 15 is 0 Å². The third-order valence-electron chi connectivity index (χ3n) is 5.77. The second kappa shape index (κ2) is 9.67. The van der Waals surface area contributed by atoms with Gasteiger partial charge in [0.2, 0.25) is 0 Å². The first-order chi connectivity index (χ1) is 15.6. The number of aromatic nitrogens is 2. The first-order valence-corrected chi connectivity index (χ1v) is 10.8. The zero-order valence-electron chi connectivity index (χ0n) is 17.7. The summed E-state index contributed by atoms with van der Waals surface area (Å²) in [7, 11) is 2.03. The molecule has 1 aromatic carbocycles. The van der Waals surface area contributed by atoms with Crippen molar-refractivity contribution in [1.82, 2.24) is 9.97 Å². The predicted octanol–water partition coefficient (Wildman–Crippen LogP) is 4.36. The lowest BCUT2D eigenvalue weighted by molar-refractivity contribution is 0.102. The highest BCUT2D eigenvalue weighted by Crippen LogP contribution is 2.29. The minimum atomic E-state index is -0.213. The van der Waals surface area contributed by atoms with Crippen LogP contribution in [-0.4, -0.2) is 42.1 Å². The van der Waals surface area contributed by atoms with E-state index in [1.807, 2.05) is 37.4 Å². The van der Waals surface area contributed by atoms with Crippen molar-refractivity contribution < 1.29 is 4.79 Å². The molecule has 0 bridgehead atoms. The second-order valence-corrected chi connectivity index (χ2v) is 8.10. The van der Waals surface area contributed by atoms with Gasteiger partial charge in [-0.25, -0.2) is 4.98 Å². The summed E-state index contributed by atoms with van der Waals surface area (Å²) in [5.74, 6) is 0.242. The van der Waals surface area contributed by atoms with Crippen LogP contribution in [-0.2, 0) is 0 Å². The van der Waals surface area contributed by atoms with E-state index in [-0.39, 0.29) is 11.9 Å². The van der Waals surface area contributed by atoms with E-state index in [2.05, 4.69) is 31.2 Å². The van der Waals surface area contributed by atoms with E-state index in [0.29, 0.717) is 22.0 Å². The molecule has 1 saturated heterocycles. The fourth-order valence-electron chi connectivity index (χ4n) is 4.05. The maximum absolute atomic E-state index is 13.0. The quantitative estimate of drug-likeness (QED) is 0.626. The Morgan fingerprint density at radius 2 is 1.97 bits per heavy atom. The minimum Gasteiger partial charge on any atom is -0.371 e. The number of pyridine rings is 2. The van der Waals surface area contributed by atoms with Gasteiger partial charge in [0.25, 0.3) is 5.91 Å². The molecule has 0 spiro atoms. The van der Waals surface area contributed by atoms with E-state index < -0.39 is 0 Å². The van der Waals surface area contributed by atoms with Crippen molar-refractivity contribution >= 4 is 34.7 Å². The molecule has 1 aliphatic heterocycles. The third-order valence-corrected chi connectivity index (χ3v) is 5.99. The van der Waals surface area contributed by atoms with Crippen molar-refractivity contribution in [3.63, 3.8) is 0 Å². The molecule has 1 fully saturated rings. The van der Waals surface area contributed by atoms with E-state index in [1.54, 1.807) is 24.5 Å². The number of nitrogens with one attached hydrogen (secondary N) is 1. The van der Waals surface area contributed by atoms with E-state index in [4.69, 9.17) is 11.6 Å². The van der Waals surface area contributed by atoms with Gasteiger partial charge < -0.3 is 15.1 Å². The fourth-order valence-corrected chi connectivity index (χ4v) is 4.16. The first kappa shape index (κ1) is 21.6. The average molecular weight is 447 g/mol. The lowest BCUT2D eigenvalue weighted by Gasteiger charge is -2.39. The Kier molecular flexibility index (Phi) is 6.52. The van der Waals surface area contributed by atoms with Crippen molar-refractivity contribution in [2.75, 3.05) is 35.3 Å². The largest absolute Gasteiger partial charge is 0.371 e. The van der Waals surface area contributed by atoms with Gasteiger partial charge in [0, 0.05) is 50.5 Å². The second-order valence-electron chi connectivity index (χ2n) is 7.67. The number of anilines is 3. The van der Waals surface area contributed by atoms with Crippen LogP contribution < -0.4 is 15.1 Å². The van der Waals surface area contributed by atoms with E-state index in [1.165, 1.54) is 6.20 Å². The summed E-state index contributed by atoms with van der Waals surface area (Å²) < 4.78 is 0. The van der Waals surface area contributed by atoms with Crippen LogP contribution in [0.4, 0.5) is 17.2 Å². The van der Waals surface area contributed by atoms with E-state index in [9.17, 15) is 10.1 Å². The van der Waals surface area contributed by atoms with Crippen LogP contribution in [0.1, 0.15) is 28.8 Å². The van der Waals surface area contributed by atoms with Gasteiger partial charge in [0.1, 0.15) is 11.9 Å². The maximum atomic E-state index is 13.0. The number of rotatable bonds is 5. The number of para-hydroxylation sites is 1. The van der Waals surface area contributed by atoms with Gasteiger partial charge in [-0.2, -0.15) is 5.26 Å². The Labute approximate surface area is 192 Å². The molecular weight excluding hydrogens is 424 g/mol. The number of carbonyl (C=O) groups is 1. The molecule has 8 heteroatoms. The highest BCUT2D eigenvalue weighted by Gasteiger charge is 2.26. The molecule has 0 aliphatic carbocycles. The lowest BCUT2D eigenvalue weighted by atomic mass is 10.0. The maximum Gasteiger partial charge on any atom is 0.258 e. The number of carbonyl (C=O) groups excluding carboxylic acids is 1. The standard InChI is InChI=1S/C24H23ClN6O/c1-30(19-9-12-31(13-10-19)21-8-11-27-15-17(21)14-26)22-5-3-2-4-20(22)24(32)29-23-7-6-18(25)16-28-23/h2-8,11,15-16,19H,9-10,12-13H2,1H3,(H,28,29,32). The first-order valence-electron chi connectivity index (χ1n) is 10.4. The van der Waals surface area contributed by atoms with Crippen molar-refractivity contribution in [2.24, 2.45) is 0 Å². The van der Waals surface area contributed by atoms with Crippen LogP contribution in [0.2, 0.25) is 5.02 Å². The molecule has 1 N–H and O–H groups in total. The Morgan fingerprint density at radius 1 is 1.19 bits per heavy atom. The number of nitrogens with zero attached hydrogens (tertiary/aromatic N) is 5. The van der Waals surface area contributed by atoms with Crippen molar-refractivity contribution in [1.29, 1.82) is 5.26 Å². The summed E-state index contributed by atoms with van der Waals surface area (Å²) in [5, 5.41) is 12.7. The number of benzene rings is 1. The van der Waals surface area contributed by atoms with Crippen LogP contribution >= 0.6 is 11.6 Å². The average Bonchev–Trinajstić information content (AvgIpc) is 2.85. The molecule has 0 radical (unpaired) electrons.